The van der Waals surface area contributed by atoms with Crippen molar-refractivity contribution in [1.82, 2.24) is 0 Å². The summed E-state index contributed by atoms with van der Waals surface area (Å²) in [5.41, 5.74) is -0.0484. The zero-order valence-corrected chi connectivity index (χ0v) is 13.4. The summed E-state index contributed by atoms with van der Waals surface area (Å²) >= 11 is 15.0. The molecule has 0 heterocycles. The van der Waals surface area contributed by atoms with E-state index >= 15 is 0 Å². The van der Waals surface area contributed by atoms with Crippen LogP contribution in [0.3, 0.4) is 0 Å². The van der Waals surface area contributed by atoms with Crippen LogP contribution in [0.4, 0.5) is 11.4 Å². The Morgan fingerprint density at radius 2 is 1.95 bits per heavy atom. The highest BCUT2D eigenvalue weighted by molar-refractivity contribution is 9.10. The van der Waals surface area contributed by atoms with Gasteiger partial charge in [0, 0.05) is 15.6 Å². The number of amides is 1. The van der Waals surface area contributed by atoms with Gasteiger partial charge in [0.15, 0.2) is 0 Å². The van der Waals surface area contributed by atoms with Gasteiger partial charge in [-0.3, -0.25) is 14.9 Å². The lowest BCUT2D eigenvalue weighted by molar-refractivity contribution is -0.383. The molecule has 0 aliphatic rings. The molecule has 21 heavy (non-hydrogen) atoms. The monoisotopic (exact) mass is 388 g/mol. The Labute approximate surface area is 138 Å². The molecule has 2 aromatic rings. The van der Waals surface area contributed by atoms with Gasteiger partial charge in [-0.05, 0) is 40.2 Å². The number of halogens is 3. The molecule has 1 amide bonds. The molecule has 5 nitrogen and oxygen atoms in total. The van der Waals surface area contributed by atoms with Crippen molar-refractivity contribution in [2.24, 2.45) is 0 Å². The minimum Gasteiger partial charge on any atom is -0.316 e. The Balaban J connectivity index is 2.38. The average molecular weight is 390 g/mol. The molecule has 0 saturated heterocycles. The highest BCUT2D eigenvalue weighted by atomic mass is 79.9. The Kier molecular flexibility index (Phi) is 4.82. The van der Waals surface area contributed by atoms with Gasteiger partial charge in [-0.25, -0.2) is 0 Å². The Morgan fingerprint density at radius 3 is 2.62 bits per heavy atom. The molecule has 0 bridgehead atoms. The predicted octanol–water partition coefficient (Wildman–Crippen LogP) is 4.92. The summed E-state index contributed by atoms with van der Waals surface area (Å²) in [6.07, 6.45) is 0. The lowest BCUT2D eigenvalue weighted by Gasteiger charge is -2.08. The van der Waals surface area contributed by atoms with Crippen molar-refractivity contribution in [3.05, 3.63) is 66.6 Å². The fourth-order valence-corrected chi connectivity index (χ4v) is 2.39. The number of carbonyl (C=O) groups is 1. The quantitative estimate of drug-likeness (QED) is 0.598. The molecule has 0 atom stereocenters. The first-order valence-corrected chi connectivity index (χ1v) is 7.14. The normalized spacial score (nSPS) is 10.2. The van der Waals surface area contributed by atoms with Gasteiger partial charge in [-0.2, -0.15) is 0 Å². The van der Waals surface area contributed by atoms with E-state index < -0.39 is 10.8 Å². The third-order valence-electron chi connectivity index (χ3n) is 2.60. The van der Waals surface area contributed by atoms with Gasteiger partial charge < -0.3 is 5.32 Å². The number of nitrogens with one attached hydrogen (secondary N) is 1. The van der Waals surface area contributed by atoms with Crippen LogP contribution in [0, 0.1) is 10.1 Å². The SMILES string of the molecule is O=C(Nc1cc(Cl)ccc1[N+](=O)[O-])c1cccc(Br)c1Cl. The molecular formula is C13H7BrCl2N2O3. The van der Waals surface area contributed by atoms with Gasteiger partial charge in [0.25, 0.3) is 11.6 Å². The van der Waals surface area contributed by atoms with Crippen LogP contribution in [0.15, 0.2) is 40.9 Å². The van der Waals surface area contributed by atoms with Gasteiger partial charge in [0.2, 0.25) is 0 Å². The lowest BCUT2D eigenvalue weighted by Crippen LogP contribution is -2.13. The molecule has 0 saturated carbocycles. The average Bonchev–Trinajstić information content (AvgIpc) is 2.41. The highest BCUT2D eigenvalue weighted by Gasteiger charge is 2.19. The van der Waals surface area contributed by atoms with E-state index in [1.165, 1.54) is 24.3 Å². The maximum Gasteiger partial charge on any atom is 0.292 e. The smallest absolute Gasteiger partial charge is 0.292 e. The minimum atomic E-state index is -0.603. The third kappa shape index (κ3) is 3.53. The number of nitro groups is 1. The molecule has 108 valence electrons. The summed E-state index contributed by atoms with van der Waals surface area (Å²) in [5.74, 6) is -0.563. The fourth-order valence-electron chi connectivity index (χ4n) is 1.64. The van der Waals surface area contributed by atoms with Crippen LogP contribution < -0.4 is 5.32 Å². The number of rotatable bonds is 3. The second-order valence-corrected chi connectivity index (χ2v) is 5.64. The molecule has 0 spiro atoms. The van der Waals surface area contributed by atoms with Gasteiger partial charge in [-0.1, -0.05) is 29.3 Å². The number of hydrogen-bond donors (Lipinski definition) is 1. The van der Waals surface area contributed by atoms with Crippen molar-refractivity contribution in [2.75, 3.05) is 5.32 Å². The van der Waals surface area contributed by atoms with Crippen LogP contribution in [0.1, 0.15) is 10.4 Å². The summed E-state index contributed by atoms with van der Waals surface area (Å²) in [6.45, 7) is 0. The first-order valence-electron chi connectivity index (χ1n) is 5.59. The number of carbonyl (C=O) groups excluding carboxylic acids is 1. The van der Waals surface area contributed by atoms with E-state index in [-0.39, 0.29) is 27.0 Å². The fraction of sp³-hybridized carbons (Fsp3) is 0. The van der Waals surface area contributed by atoms with Crippen LogP contribution in [-0.4, -0.2) is 10.8 Å². The maximum absolute atomic E-state index is 12.2. The molecule has 0 radical (unpaired) electrons. The van der Waals surface area contributed by atoms with Gasteiger partial charge in [0.1, 0.15) is 5.69 Å². The summed E-state index contributed by atoms with van der Waals surface area (Å²) in [4.78, 5) is 22.5. The van der Waals surface area contributed by atoms with Crippen molar-refractivity contribution in [3.63, 3.8) is 0 Å². The Bertz CT molecular complexity index is 737. The molecule has 8 heteroatoms. The molecule has 0 aliphatic carbocycles. The molecule has 2 aromatic carbocycles. The molecular weight excluding hydrogens is 383 g/mol. The zero-order valence-electron chi connectivity index (χ0n) is 10.3. The van der Waals surface area contributed by atoms with E-state index in [0.717, 1.165) is 0 Å². The van der Waals surface area contributed by atoms with Gasteiger partial charge in [0.05, 0.1) is 15.5 Å². The summed E-state index contributed by atoms with van der Waals surface area (Å²) < 4.78 is 0.553. The van der Waals surface area contributed by atoms with Crippen molar-refractivity contribution in [3.8, 4) is 0 Å². The number of benzene rings is 2. The van der Waals surface area contributed by atoms with Crippen LogP contribution in [0.5, 0.6) is 0 Å². The van der Waals surface area contributed by atoms with Gasteiger partial charge >= 0.3 is 0 Å². The van der Waals surface area contributed by atoms with E-state index in [4.69, 9.17) is 23.2 Å². The number of anilines is 1. The third-order valence-corrected chi connectivity index (χ3v) is 4.13. The van der Waals surface area contributed by atoms with Crippen LogP contribution in [-0.2, 0) is 0 Å². The largest absolute Gasteiger partial charge is 0.316 e. The maximum atomic E-state index is 12.2. The number of nitro benzene ring substituents is 1. The molecule has 0 aliphatic heterocycles. The van der Waals surface area contributed by atoms with Crippen LogP contribution in [0.2, 0.25) is 10.0 Å². The van der Waals surface area contributed by atoms with Crippen molar-refractivity contribution >= 4 is 56.4 Å². The van der Waals surface area contributed by atoms with Gasteiger partial charge in [-0.15, -0.1) is 0 Å². The second-order valence-electron chi connectivity index (χ2n) is 3.97. The van der Waals surface area contributed by atoms with E-state index in [9.17, 15) is 14.9 Å². The molecule has 0 unspecified atom stereocenters. The van der Waals surface area contributed by atoms with E-state index in [0.29, 0.717) is 4.47 Å². The second kappa shape index (κ2) is 6.43. The number of hydrogen-bond acceptors (Lipinski definition) is 3. The lowest BCUT2D eigenvalue weighted by atomic mass is 10.2. The van der Waals surface area contributed by atoms with Crippen LogP contribution in [0.25, 0.3) is 0 Å². The van der Waals surface area contributed by atoms with E-state index in [2.05, 4.69) is 21.2 Å². The number of nitrogens with zero attached hydrogens (tertiary/aromatic N) is 1. The van der Waals surface area contributed by atoms with Crippen molar-refractivity contribution in [2.45, 2.75) is 0 Å². The first-order chi connectivity index (χ1) is 9.90. The van der Waals surface area contributed by atoms with E-state index in [1.54, 1.807) is 12.1 Å². The summed E-state index contributed by atoms with van der Waals surface area (Å²) in [5, 5.41) is 13.9. The molecule has 2 rings (SSSR count). The molecule has 1 N–H and O–H groups in total. The summed E-state index contributed by atoms with van der Waals surface area (Å²) in [7, 11) is 0. The topological polar surface area (TPSA) is 72.2 Å². The minimum absolute atomic E-state index is 0.00791. The van der Waals surface area contributed by atoms with Crippen molar-refractivity contribution < 1.29 is 9.72 Å². The predicted molar refractivity (Wildman–Crippen MR) is 85.2 cm³/mol. The summed E-state index contributed by atoms with van der Waals surface area (Å²) in [6, 6.07) is 8.74. The molecule has 0 aromatic heterocycles. The Morgan fingerprint density at radius 1 is 1.24 bits per heavy atom. The zero-order chi connectivity index (χ0) is 15.6. The van der Waals surface area contributed by atoms with E-state index in [1.807, 2.05) is 0 Å². The first kappa shape index (κ1) is 15.8. The highest BCUT2D eigenvalue weighted by Crippen LogP contribution is 2.30. The standard InChI is InChI=1S/C13H7BrCl2N2O3/c14-9-3-1-2-8(12(9)16)13(19)17-10-6-7(15)4-5-11(10)18(20)21/h1-6H,(H,17,19). The van der Waals surface area contributed by atoms with Crippen molar-refractivity contribution in [1.29, 1.82) is 0 Å². The Hall–Kier alpha value is -1.63. The molecule has 0 fully saturated rings. The van der Waals surface area contributed by atoms with Crippen LogP contribution >= 0.6 is 39.1 Å².